The van der Waals surface area contributed by atoms with E-state index in [4.69, 9.17) is 9.72 Å². The van der Waals surface area contributed by atoms with Crippen molar-refractivity contribution in [3.05, 3.63) is 48.5 Å². The molecular formula is C19H22N2OS. The lowest BCUT2D eigenvalue weighted by molar-refractivity contribution is 0.223. The molecule has 3 rings (SSSR count). The van der Waals surface area contributed by atoms with E-state index in [9.17, 15) is 0 Å². The molecule has 4 heteroatoms. The molecule has 0 aliphatic carbocycles. The quantitative estimate of drug-likeness (QED) is 0.630. The van der Waals surface area contributed by atoms with Crippen LogP contribution in [-0.4, -0.2) is 36.1 Å². The Bertz CT molecular complexity index is 732. The molecule has 0 N–H and O–H groups in total. The SMILES string of the molecule is CCN(CC)CCOc1ccccc1-c1nc2ccccc2s1. The van der Waals surface area contributed by atoms with Gasteiger partial charge in [-0.15, -0.1) is 11.3 Å². The van der Waals surface area contributed by atoms with E-state index in [0.717, 1.165) is 41.5 Å². The van der Waals surface area contributed by atoms with E-state index in [-0.39, 0.29) is 0 Å². The van der Waals surface area contributed by atoms with Gasteiger partial charge in [0.15, 0.2) is 0 Å². The first-order chi connectivity index (χ1) is 11.3. The summed E-state index contributed by atoms with van der Waals surface area (Å²) >= 11 is 1.71. The van der Waals surface area contributed by atoms with Gasteiger partial charge in [0.2, 0.25) is 0 Å². The highest BCUT2D eigenvalue weighted by molar-refractivity contribution is 7.21. The Balaban J connectivity index is 1.80. The number of fused-ring (bicyclic) bond motifs is 1. The summed E-state index contributed by atoms with van der Waals surface area (Å²) in [5.41, 5.74) is 2.12. The van der Waals surface area contributed by atoms with E-state index in [2.05, 4.69) is 43.0 Å². The summed E-state index contributed by atoms with van der Waals surface area (Å²) in [4.78, 5) is 7.11. The molecule has 0 aliphatic rings. The normalized spacial score (nSPS) is 11.3. The Labute approximate surface area is 141 Å². The van der Waals surface area contributed by atoms with Gasteiger partial charge in [0.25, 0.3) is 0 Å². The van der Waals surface area contributed by atoms with Gasteiger partial charge in [0.1, 0.15) is 17.4 Å². The third kappa shape index (κ3) is 3.71. The number of nitrogens with zero attached hydrogens (tertiary/aromatic N) is 2. The molecule has 1 heterocycles. The number of aromatic nitrogens is 1. The van der Waals surface area contributed by atoms with Crippen LogP contribution in [0.15, 0.2) is 48.5 Å². The lowest BCUT2D eigenvalue weighted by Crippen LogP contribution is -2.27. The Morgan fingerprint density at radius 2 is 1.74 bits per heavy atom. The largest absolute Gasteiger partial charge is 0.492 e. The van der Waals surface area contributed by atoms with Crippen LogP contribution in [0.2, 0.25) is 0 Å². The fraction of sp³-hybridized carbons (Fsp3) is 0.316. The highest BCUT2D eigenvalue weighted by Crippen LogP contribution is 2.35. The first kappa shape index (κ1) is 16.0. The molecule has 0 saturated heterocycles. The van der Waals surface area contributed by atoms with E-state index in [1.54, 1.807) is 11.3 Å². The first-order valence-corrected chi connectivity index (χ1v) is 8.93. The Hall–Kier alpha value is -1.91. The zero-order valence-corrected chi connectivity index (χ0v) is 14.5. The average Bonchev–Trinajstić information content (AvgIpc) is 3.03. The maximum atomic E-state index is 6.05. The number of thiazole rings is 1. The van der Waals surface area contributed by atoms with Gasteiger partial charge in [-0.2, -0.15) is 0 Å². The van der Waals surface area contributed by atoms with E-state index >= 15 is 0 Å². The molecule has 0 saturated carbocycles. The second-order valence-electron chi connectivity index (χ2n) is 5.36. The fourth-order valence-corrected chi connectivity index (χ4v) is 3.58. The highest BCUT2D eigenvalue weighted by atomic mass is 32.1. The van der Waals surface area contributed by atoms with Crippen molar-refractivity contribution in [1.82, 2.24) is 9.88 Å². The zero-order valence-electron chi connectivity index (χ0n) is 13.7. The minimum Gasteiger partial charge on any atom is -0.492 e. The number of ether oxygens (including phenoxy) is 1. The van der Waals surface area contributed by atoms with Gasteiger partial charge in [-0.1, -0.05) is 38.1 Å². The third-order valence-electron chi connectivity index (χ3n) is 3.97. The molecule has 1 aromatic heterocycles. The maximum Gasteiger partial charge on any atom is 0.129 e. The Morgan fingerprint density at radius 3 is 2.52 bits per heavy atom. The smallest absolute Gasteiger partial charge is 0.129 e. The summed E-state index contributed by atoms with van der Waals surface area (Å²) < 4.78 is 7.26. The van der Waals surface area contributed by atoms with E-state index in [0.29, 0.717) is 6.61 Å². The predicted octanol–water partition coefficient (Wildman–Crippen LogP) is 4.68. The van der Waals surface area contributed by atoms with Crippen LogP contribution in [0.4, 0.5) is 0 Å². The fourth-order valence-electron chi connectivity index (χ4n) is 2.58. The second-order valence-corrected chi connectivity index (χ2v) is 6.39. The molecule has 0 fully saturated rings. The van der Waals surface area contributed by atoms with Gasteiger partial charge in [-0.3, -0.25) is 0 Å². The minimum atomic E-state index is 0.698. The number of likely N-dealkylation sites (N-methyl/N-ethyl adjacent to an activating group) is 1. The van der Waals surface area contributed by atoms with Crippen molar-refractivity contribution in [3.8, 4) is 16.3 Å². The molecule has 0 spiro atoms. The van der Waals surface area contributed by atoms with Gasteiger partial charge in [-0.05, 0) is 37.4 Å². The lowest BCUT2D eigenvalue weighted by Gasteiger charge is -2.18. The van der Waals surface area contributed by atoms with Crippen LogP contribution >= 0.6 is 11.3 Å². The summed E-state index contributed by atoms with van der Waals surface area (Å²) in [6.07, 6.45) is 0. The molecule has 0 unspecified atom stereocenters. The summed E-state index contributed by atoms with van der Waals surface area (Å²) in [6, 6.07) is 16.4. The zero-order chi connectivity index (χ0) is 16.1. The average molecular weight is 326 g/mol. The number of hydrogen-bond donors (Lipinski definition) is 0. The van der Waals surface area contributed by atoms with Crippen LogP contribution in [0.25, 0.3) is 20.8 Å². The number of benzene rings is 2. The predicted molar refractivity (Wildman–Crippen MR) is 98.3 cm³/mol. The van der Waals surface area contributed by atoms with E-state index < -0.39 is 0 Å². The van der Waals surface area contributed by atoms with Crippen molar-refractivity contribution in [2.24, 2.45) is 0 Å². The van der Waals surface area contributed by atoms with Crippen molar-refractivity contribution in [1.29, 1.82) is 0 Å². The van der Waals surface area contributed by atoms with Crippen molar-refractivity contribution in [2.75, 3.05) is 26.2 Å². The van der Waals surface area contributed by atoms with Gasteiger partial charge < -0.3 is 9.64 Å². The maximum absolute atomic E-state index is 6.05. The Morgan fingerprint density at radius 1 is 1.00 bits per heavy atom. The van der Waals surface area contributed by atoms with Crippen molar-refractivity contribution in [3.63, 3.8) is 0 Å². The second kappa shape index (κ2) is 7.57. The van der Waals surface area contributed by atoms with Crippen LogP contribution in [0, 0.1) is 0 Å². The van der Waals surface area contributed by atoms with Gasteiger partial charge in [0.05, 0.1) is 15.8 Å². The molecule has 3 nitrogen and oxygen atoms in total. The molecule has 3 aromatic rings. The van der Waals surface area contributed by atoms with Crippen molar-refractivity contribution in [2.45, 2.75) is 13.8 Å². The minimum absolute atomic E-state index is 0.698. The summed E-state index contributed by atoms with van der Waals surface area (Å²) in [5.74, 6) is 0.915. The number of rotatable bonds is 7. The molecule has 0 bridgehead atoms. The topological polar surface area (TPSA) is 25.4 Å². The molecule has 120 valence electrons. The van der Waals surface area contributed by atoms with Crippen LogP contribution in [-0.2, 0) is 0 Å². The van der Waals surface area contributed by atoms with Crippen LogP contribution in [0.5, 0.6) is 5.75 Å². The van der Waals surface area contributed by atoms with Gasteiger partial charge >= 0.3 is 0 Å². The standard InChI is InChI=1S/C19H22N2OS/c1-3-21(4-2)13-14-22-17-11-7-5-9-15(17)19-20-16-10-6-8-12-18(16)23-19/h5-12H,3-4,13-14H2,1-2H3. The monoisotopic (exact) mass is 326 g/mol. The highest BCUT2D eigenvalue weighted by Gasteiger charge is 2.11. The van der Waals surface area contributed by atoms with Crippen molar-refractivity contribution >= 4 is 21.6 Å². The summed E-state index contributed by atoms with van der Waals surface area (Å²) in [7, 11) is 0. The van der Waals surface area contributed by atoms with Crippen LogP contribution < -0.4 is 4.74 Å². The van der Waals surface area contributed by atoms with Gasteiger partial charge in [-0.25, -0.2) is 4.98 Å². The molecular weight excluding hydrogens is 304 g/mol. The molecule has 23 heavy (non-hydrogen) atoms. The summed E-state index contributed by atoms with van der Waals surface area (Å²) in [6.45, 7) is 8.11. The van der Waals surface area contributed by atoms with Crippen LogP contribution in [0.1, 0.15) is 13.8 Å². The van der Waals surface area contributed by atoms with Crippen molar-refractivity contribution < 1.29 is 4.74 Å². The number of para-hydroxylation sites is 2. The van der Waals surface area contributed by atoms with E-state index in [1.807, 2.05) is 24.3 Å². The molecule has 0 amide bonds. The Kier molecular flexibility index (Phi) is 5.26. The lowest BCUT2D eigenvalue weighted by atomic mass is 10.2. The third-order valence-corrected chi connectivity index (χ3v) is 5.04. The van der Waals surface area contributed by atoms with Crippen LogP contribution in [0.3, 0.4) is 0 Å². The molecule has 0 atom stereocenters. The molecule has 2 aromatic carbocycles. The van der Waals surface area contributed by atoms with E-state index in [1.165, 1.54) is 4.70 Å². The summed E-state index contributed by atoms with van der Waals surface area (Å²) in [5, 5.41) is 1.02. The first-order valence-electron chi connectivity index (χ1n) is 8.12. The van der Waals surface area contributed by atoms with Gasteiger partial charge in [0, 0.05) is 6.54 Å². The molecule has 0 radical (unpaired) electrons. The number of hydrogen-bond acceptors (Lipinski definition) is 4. The molecule has 0 aliphatic heterocycles.